The highest BCUT2D eigenvalue weighted by Crippen LogP contribution is 2.23. The molecule has 4 heteroatoms. The summed E-state index contributed by atoms with van der Waals surface area (Å²) in [4.78, 5) is 22.7. The van der Waals surface area contributed by atoms with Gasteiger partial charge in [-0.25, -0.2) is 0 Å². The maximum atomic E-state index is 11.4. The zero-order chi connectivity index (χ0) is 15.9. The van der Waals surface area contributed by atoms with Gasteiger partial charge in [-0.1, -0.05) is 59.6 Å². The Kier molecular flexibility index (Phi) is 5.70. The van der Waals surface area contributed by atoms with E-state index in [-0.39, 0.29) is 11.1 Å². The first-order valence-electron chi connectivity index (χ1n) is 6.49. The number of hydrogen-bond donors (Lipinski definition) is 0. The number of allylic oxidation sites excluding steroid dienone is 2. The predicted molar refractivity (Wildman–Crippen MR) is 91.0 cm³/mol. The fraction of sp³-hybridized carbons (Fsp3) is 0. The number of carbonyl (C=O) groups excluding carboxylic acids is 2. The molecule has 0 N–H and O–H groups in total. The van der Waals surface area contributed by atoms with Gasteiger partial charge < -0.3 is 0 Å². The summed E-state index contributed by atoms with van der Waals surface area (Å²) < 4.78 is 0. The topological polar surface area (TPSA) is 34.1 Å². The van der Waals surface area contributed by atoms with E-state index >= 15 is 0 Å². The molecule has 2 nitrogen and oxygen atoms in total. The first kappa shape index (κ1) is 16.2. The minimum absolute atomic E-state index is 0.239. The summed E-state index contributed by atoms with van der Waals surface area (Å²) in [7, 11) is 0. The fourth-order valence-corrected chi connectivity index (χ4v) is 2.27. The van der Waals surface area contributed by atoms with Gasteiger partial charge in [0.1, 0.15) is 0 Å². The quantitative estimate of drug-likeness (QED) is 0.445. The van der Waals surface area contributed by atoms with Crippen LogP contribution in [0.3, 0.4) is 0 Å². The lowest BCUT2D eigenvalue weighted by atomic mass is 10.0. The molecule has 22 heavy (non-hydrogen) atoms. The summed E-state index contributed by atoms with van der Waals surface area (Å²) in [6.07, 6.45) is 4.40. The van der Waals surface area contributed by atoms with Crippen molar-refractivity contribution in [3.63, 3.8) is 0 Å². The van der Waals surface area contributed by atoms with Crippen molar-refractivity contribution in [1.82, 2.24) is 0 Å². The summed E-state index contributed by atoms with van der Waals surface area (Å²) in [5.41, 5.74) is 1.81. The van der Waals surface area contributed by atoms with Crippen LogP contribution in [0.15, 0.2) is 59.7 Å². The summed E-state index contributed by atoms with van der Waals surface area (Å²) in [6, 6.07) is 14.2. The third kappa shape index (κ3) is 3.94. The predicted octanol–water partition coefficient (Wildman–Crippen LogP) is 4.86. The molecule has 0 saturated heterocycles. The Bertz CT molecular complexity index is 696. The molecule has 2 aromatic rings. The van der Waals surface area contributed by atoms with E-state index in [4.69, 9.17) is 23.2 Å². The van der Waals surface area contributed by atoms with Crippen LogP contribution in [0.5, 0.6) is 0 Å². The minimum Gasteiger partial charge on any atom is -0.298 e. The number of benzene rings is 2. The molecule has 2 aromatic carbocycles. The Labute approximate surface area is 138 Å². The first-order chi connectivity index (χ1) is 10.7. The molecular formula is C18H12Cl2O2. The lowest BCUT2D eigenvalue weighted by Gasteiger charge is -2.03. The lowest BCUT2D eigenvalue weighted by molar-refractivity contribution is -0.107. The summed E-state index contributed by atoms with van der Waals surface area (Å²) in [5, 5.41) is 1.01. The second kappa shape index (κ2) is 7.74. The number of rotatable bonds is 5. The average Bonchev–Trinajstić information content (AvgIpc) is 2.54. The normalized spacial score (nSPS) is 12.1. The van der Waals surface area contributed by atoms with E-state index in [1.807, 2.05) is 0 Å². The van der Waals surface area contributed by atoms with Crippen LogP contribution in [0.2, 0.25) is 10.0 Å². The smallest absolute Gasteiger partial charge is 0.150 e. The Morgan fingerprint density at radius 3 is 1.36 bits per heavy atom. The molecule has 0 aliphatic heterocycles. The van der Waals surface area contributed by atoms with E-state index in [1.54, 1.807) is 60.7 Å². The summed E-state index contributed by atoms with van der Waals surface area (Å²) >= 11 is 12.1. The van der Waals surface area contributed by atoms with E-state index < -0.39 is 0 Å². The molecule has 0 unspecified atom stereocenters. The van der Waals surface area contributed by atoms with Crippen molar-refractivity contribution in [3.8, 4) is 0 Å². The van der Waals surface area contributed by atoms with Crippen molar-refractivity contribution in [2.75, 3.05) is 0 Å². The van der Waals surface area contributed by atoms with Crippen molar-refractivity contribution >= 4 is 47.9 Å². The van der Waals surface area contributed by atoms with Crippen LogP contribution in [-0.4, -0.2) is 12.6 Å². The number of halogens is 2. The van der Waals surface area contributed by atoms with Gasteiger partial charge in [0.05, 0.1) is 0 Å². The largest absolute Gasteiger partial charge is 0.298 e. The highest BCUT2D eigenvalue weighted by Gasteiger charge is 2.07. The van der Waals surface area contributed by atoms with E-state index in [1.165, 1.54) is 0 Å². The molecular weight excluding hydrogens is 319 g/mol. The zero-order valence-corrected chi connectivity index (χ0v) is 13.0. The molecule has 0 aliphatic carbocycles. The van der Waals surface area contributed by atoms with Crippen molar-refractivity contribution in [1.29, 1.82) is 0 Å². The second-order valence-electron chi connectivity index (χ2n) is 4.48. The van der Waals surface area contributed by atoms with Gasteiger partial charge >= 0.3 is 0 Å². The summed E-state index contributed by atoms with van der Waals surface area (Å²) in [6.45, 7) is 0. The maximum absolute atomic E-state index is 11.4. The van der Waals surface area contributed by atoms with Crippen molar-refractivity contribution < 1.29 is 9.59 Å². The van der Waals surface area contributed by atoms with Crippen molar-refractivity contribution in [2.24, 2.45) is 0 Å². The van der Waals surface area contributed by atoms with E-state index in [0.717, 1.165) is 0 Å². The van der Waals surface area contributed by atoms with Crippen LogP contribution in [0.4, 0.5) is 0 Å². The maximum Gasteiger partial charge on any atom is 0.150 e. The van der Waals surface area contributed by atoms with Gasteiger partial charge in [-0.15, -0.1) is 0 Å². The van der Waals surface area contributed by atoms with Crippen molar-refractivity contribution in [3.05, 3.63) is 80.8 Å². The minimum atomic E-state index is 0.239. The third-order valence-corrected chi connectivity index (χ3v) is 3.71. The highest BCUT2D eigenvalue weighted by atomic mass is 35.5. The van der Waals surface area contributed by atoms with Crippen LogP contribution in [0, 0.1) is 0 Å². The lowest BCUT2D eigenvalue weighted by Crippen LogP contribution is -1.94. The van der Waals surface area contributed by atoms with Crippen LogP contribution < -0.4 is 0 Å². The Balaban J connectivity index is 2.48. The second-order valence-corrected chi connectivity index (χ2v) is 5.29. The molecule has 0 aliphatic rings. The van der Waals surface area contributed by atoms with Crippen LogP contribution in [-0.2, 0) is 9.59 Å². The fourth-order valence-electron chi connectivity index (χ4n) is 1.89. The van der Waals surface area contributed by atoms with Gasteiger partial charge in [-0.05, 0) is 35.4 Å². The Morgan fingerprint density at radius 2 is 1.05 bits per heavy atom. The molecule has 0 bridgehead atoms. The summed E-state index contributed by atoms with van der Waals surface area (Å²) in [5.74, 6) is 0. The number of aldehydes is 2. The first-order valence-corrected chi connectivity index (χ1v) is 7.24. The van der Waals surface area contributed by atoms with E-state index in [9.17, 15) is 9.59 Å². The van der Waals surface area contributed by atoms with Crippen LogP contribution in [0.25, 0.3) is 12.2 Å². The molecule has 0 radical (unpaired) electrons. The molecule has 2 rings (SSSR count). The van der Waals surface area contributed by atoms with Gasteiger partial charge in [-0.3, -0.25) is 9.59 Å². The molecule has 110 valence electrons. The zero-order valence-electron chi connectivity index (χ0n) is 11.5. The van der Waals surface area contributed by atoms with Gasteiger partial charge in [0.2, 0.25) is 0 Å². The molecule has 0 spiro atoms. The molecule has 0 atom stereocenters. The Hall–Kier alpha value is -2.16. The van der Waals surface area contributed by atoms with Gasteiger partial charge in [0, 0.05) is 21.2 Å². The standard InChI is InChI=1S/C18H12Cl2O2/c19-17-7-3-1-5-13(17)9-15(11-21)16(12-22)10-14-6-2-4-8-18(14)20/h1-12H. The molecule has 0 saturated carbocycles. The average molecular weight is 331 g/mol. The number of hydrogen-bond acceptors (Lipinski definition) is 2. The SMILES string of the molecule is O=CC(=Cc1ccccc1Cl)C(C=O)=Cc1ccccc1Cl. The Morgan fingerprint density at radius 1 is 0.682 bits per heavy atom. The molecule has 0 aromatic heterocycles. The van der Waals surface area contributed by atoms with Gasteiger partial charge in [-0.2, -0.15) is 0 Å². The third-order valence-electron chi connectivity index (χ3n) is 3.02. The van der Waals surface area contributed by atoms with Crippen LogP contribution in [0.1, 0.15) is 11.1 Å². The molecule has 0 fully saturated rings. The molecule has 0 heterocycles. The molecule has 0 amide bonds. The van der Waals surface area contributed by atoms with E-state index in [0.29, 0.717) is 33.7 Å². The highest BCUT2D eigenvalue weighted by molar-refractivity contribution is 6.32. The number of carbonyl (C=O) groups is 2. The van der Waals surface area contributed by atoms with Crippen molar-refractivity contribution in [2.45, 2.75) is 0 Å². The van der Waals surface area contributed by atoms with Gasteiger partial charge in [0.25, 0.3) is 0 Å². The van der Waals surface area contributed by atoms with Crippen LogP contribution >= 0.6 is 23.2 Å². The monoisotopic (exact) mass is 330 g/mol. The van der Waals surface area contributed by atoms with Gasteiger partial charge in [0.15, 0.2) is 12.6 Å². The van der Waals surface area contributed by atoms with E-state index in [2.05, 4.69) is 0 Å².